The molecule has 0 aliphatic carbocycles. The Morgan fingerprint density at radius 2 is 1.83 bits per heavy atom. The Morgan fingerprint density at radius 3 is 2.38 bits per heavy atom. The number of piperazine rings is 1. The Labute approximate surface area is 148 Å². The van der Waals surface area contributed by atoms with Crippen molar-refractivity contribution < 1.29 is 4.74 Å². The molecule has 1 heterocycles. The lowest BCUT2D eigenvalue weighted by atomic mass is 9.85. The van der Waals surface area contributed by atoms with E-state index >= 15 is 0 Å². The van der Waals surface area contributed by atoms with Crippen molar-refractivity contribution >= 4 is 11.4 Å². The summed E-state index contributed by atoms with van der Waals surface area (Å²) in [4.78, 5) is 4.89. The van der Waals surface area contributed by atoms with Crippen molar-refractivity contribution in [1.82, 2.24) is 4.90 Å². The van der Waals surface area contributed by atoms with Crippen molar-refractivity contribution in [2.24, 2.45) is 0 Å². The number of nitrogens with zero attached hydrogens (tertiary/aromatic N) is 2. The summed E-state index contributed by atoms with van der Waals surface area (Å²) in [6.07, 6.45) is 1.05. The summed E-state index contributed by atoms with van der Waals surface area (Å²) in [5.74, 6) is 0. The van der Waals surface area contributed by atoms with E-state index in [2.05, 4.69) is 68.1 Å². The number of anilines is 2. The number of hydrogen-bond acceptors (Lipinski definition) is 4. The molecular weight excluding hydrogens is 298 g/mol. The van der Waals surface area contributed by atoms with Crippen LogP contribution in [-0.4, -0.2) is 57.9 Å². The fourth-order valence-corrected chi connectivity index (χ4v) is 3.25. The largest absolute Gasteiger partial charge is 0.383 e. The quantitative estimate of drug-likeness (QED) is 0.861. The molecule has 136 valence electrons. The molecule has 1 unspecified atom stereocenters. The topological polar surface area (TPSA) is 27.7 Å². The Hall–Kier alpha value is -1.26. The summed E-state index contributed by atoms with van der Waals surface area (Å²) in [5.41, 5.74) is 4.07. The van der Waals surface area contributed by atoms with Crippen molar-refractivity contribution in [1.29, 1.82) is 0 Å². The van der Waals surface area contributed by atoms with Gasteiger partial charge in [0.2, 0.25) is 0 Å². The highest BCUT2D eigenvalue weighted by atomic mass is 16.5. The first-order valence-corrected chi connectivity index (χ1v) is 9.18. The molecule has 1 saturated heterocycles. The second kappa shape index (κ2) is 8.21. The SMILES string of the molecule is CCC(COC)Nc1cc(N2CCN(C)CC2)ccc1C(C)(C)C. The first kappa shape index (κ1) is 19.1. The van der Waals surface area contributed by atoms with Crippen LogP contribution in [0.25, 0.3) is 0 Å². The van der Waals surface area contributed by atoms with Gasteiger partial charge in [0.05, 0.1) is 6.61 Å². The average molecular weight is 334 g/mol. The van der Waals surface area contributed by atoms with Crippen LogP contribution in [-0.2, 0) is 10.2 Å². The first-order chi connectivity index (χ1) is 11.3. The Balaban J connectivity index is 2.27. The van der Waals surface area contributed by atoms with E-state index in [9.17, 15) is 0 Å². The molecule has 0 amide bonds. The lowest BCUT2D eigenvalue weighted by Gasteiger charge is -2.35. The molecule has 1 aliphatic rings. The third kappa shape index (κ3) is 4.87. The molecule has 1 aromatic rings. The average Bonchev–Trinajstić information content (AvgIpc) is 2.54. The van der Waals surface area contributed by atoms with E-state index in [-0.39, 0.29) is 5.41 Å². The number of methoxy groups -OCH3 is 1. The number of benzene rings is 1. The van der Waals surface area contributed by atoms with Gasteiger partial charge in [-0.05, 0) is 36.6 Å². The van der Waals surface area contributed by atoms with Gasteiger partial charge in [-0.3, -0.25) is 0 Å². The van der Waals surface area contributed by atoms with Crippen LogP contribution in [0.15, 0.2) is 18.2 Å². The minimum absolute atomic E-state index is 0.119. The summed E-state index contributed by atoms with van der Waals surface area (Å²) in [7, 11) is 3.97. The van der Waals surface area contributed by atoms with Crippen LogP contribution in [0.1, 0.15) is 39.7 Å². The number of likely N-dealkylation sites (N-methyl/N-ethyl adjacent to an activating group) is 1. The number of hydrogen-bond donors (Lipinski definition) is 1. The smallest absolute Gasteiger partial charge is 0.0663 e. The molecule has 0 bridgehead atoms. The normalized spacial score (nSPS) is 17.8. The van der Waals surface area contributed by atoms with Crippen LogP contribution in [0.3, 0.4) is 0 Å². The van der Waals surface area contributed by atoms with Crippen molar-refractivity contribution in [2.45, 2.75) is 45.6 Å². The fraction of sp³-hybridized carbons (Fsp3) is 0.700. The predicted molar refractivity (Wildman–Crippen MR) is 104 cm³/mol. The zero-order chi connectivity index (χ0) is 17.7. The van der Waals surface area contributed by atoms with Gasteiger partial charge in [0.25, 0.3) is 0 Å². The molecule has 1 atom stereocenters. The van der Waals surface area contributed by atoms with Crippen LogP contribution in [0, 0.1) is 0 Å². The summed E-state index contributed by atoms with van der Waals surface area (Å²) in [5, 5.41) is 3.73. The van der Waals surface area contributed by atoms with E-state index in [1.807, 2.05) is 0 Å². The van der Waals surface area contributed by atoms with E-state index in [4.69, 9.17) is 4.74 Å². The second-order valence-corrected chi connectivity index (χ2v) is 7.98. The molecule has 4 nitrogen and oxygen atoms in total. The van der Waals surface area contributed by atoms with Gasteiger partial charge in [0, 0.05) is 50.7 Å². The molecule has 1 N–H and O–H groups in total. The molecule has 0 saturated carbocycles. The molecule has 1 aliphatic heterocycles. The van der Waals surface area contributed by atoms with Crippen LogP contribution >= 0.6 is 0 Å². The molecule has 0 spiro atoms. The molecule has 4 heteroatoms. The number of nitrogens with one attached hydrogen (secondary N) is 1. The lowest BCUT2D eigenvalue weighted by Crippen LogP contribution is -2.44. The monoisotopic (exact) mass is 333 g/mol. The van der Waals surface area contributed by atoms with Gasteiger partial charge in [-0.1, -0.05) is 33.8 Å². The maximum absolute atomic E-state index is 5.37. The Bertz CT molecular complexity index is 516. The van der Waals surface area contributed by atoms with E-state index < -0.39 is 0 Å². The highest BCUT2D eigenvalue weighted by Gasteiger charge is 2.22. The molecular formula is C20H35N3O. The fourth-order valence-electron chi connectivity index (χ4n) is 3.25. The molecule has 0 aromatic heterocycles. The van der Waals surface area contributed by atoms with Gasteiger partial charge in [-0.25, -0.2) is 0 Å². The maximum atomic E-state index is 5.37. The first-order valence-electron chi connectivity index (χ1n) is 9.18. The minimum Gasteiger partial charge on any atom is -0.383 e. The Morgan fingerprint density at radius 1 is 1.17 bits per heavy atom. The molecule has 24 heavy (non-hydrogen) atoms. The summed E-state index contributed by atoms with van der Waals surface area (Å²) < 4.78 is 5.37. The van der Waals surface area contributed by atoms with E-state index in [0.29, 0.717) is 6.04 Å². The van der Waals surface area contributed by atoms with Crippen molar-refractivity contribution in [3.8, 4) is 0 Å². The zero-order valence-electron chi connectivity index (χ0n) is 16.4. The lowest BCUT2D eigenvalue weighted by molar-refractivity contribution is 0.184. The summed E-state index contributed by atoms with van der Waals surface area (Å²) >= 11 is 0. The van der Waals surface area contributed by atoms with E-state index in [1.54, 1.807) is 7.11 Å². The molecule has 0 radical (unpaired) electrons. The number of rotatable bonds is 6. The highest BCUT2D eigenvalue weighted by molar-refractivity contribution is 5.64. The number of ether oxygens (including phenoxy) is 1. The van der Waals surface area contributed by atoms with Crippen LogP contribution in [0.4, 0.5) is 11.4 Å². The third-order valence-corrected chi connectivity index (χ3v) is 4.90. The summed E-state index contributed by atoms with van der Waals surface area (Å²) in [6.45, 7) is 14.2. The second-order valence-electron chi connectivity index (χ2n) is 7.98. The van der Waals surface area contributed by atoms with Gasteiger partial charge in [-0.2, -0.15) is 0 Å². The standard InChI is InChI=1S/C20H35N3O/c1-7-16(15-24-6)21-19-14-17(8-9-18(19)20(2,3)4)23-12-10-22(5)11-13-23/h8-9,14,16,21H,7,10-13,15H2,1-6H3. The van der Waals surface area contributed by atoms with Crippen molar-refractivity contribution in [3.05, 3.63) is 23.8 Å². The van der Waals surface area contributed by atoms with Gasteiger partial charge in [0.1, 0.15) is 0 Å². The van der Waals surface area contributed by atoms with Gasteiger partial charge in [-0.15, -0.1) is 0 Å². The van der Waals surface area contributed by atoms with Crippen molar-refractivity contribution in [3.63, 3.8) is 0 Å². The van der Waals surface area contributed by atoms with Gasteiger partial charge < -0.3 is 19.9 Å². The molecule has 2 rings (SSSR count). The van der Waals surface area contributed by atoms with Crippen LogP contribution < -0.4 is 10.2 Å². The molecule has 1 aromatic carbocycles. The minimum atomic E-state index is 0.119. The maximum Gasteiger partial charge on any atom is 0.0663 e. The van der Waals surface area contributed by atoms with E-state index in [0.717, 1.165) is 39.2 Å². The zero-order valence-corrected chi connectivity index (χ0v) is 16.4. The predicted octanol–water partition coefficient (Wildman–Crippen LogP) is 3.57. The van der Waals surface area contributed by atoms with E-state index in [1.165, 1.54) is 16.9 Å². The molecule has 1 fully saturated rings. The van der Waals surface area contributed by atoms with Crippen molar-refractivity contribution in [2.75, 3.05) is 57.2 Å². The third-order valence-electron chi connectivity index (χ3n) is 4.90. The van der Waals surface area contributed by atoms with Crippen LogP contribution in [0.5, 0.6) is 0 Å². The van der Waals surface area contributed by atoms with Crippen LogP contribution in [0.2, 0.25) is 0 Å². The van der Waals surface area contributed by atoms with Gasteiger partial charge in [0.15, 0.2) is 0 Å². The highest BCUT2D eigenvalue weighted by Crippen LogP contribution is 2.33. The Kier molecular flexibility index (Phi) is 6.53. The summed E-state index contributed by atoms with van der Waals surface area (Å²) in [6, 6.07) is 7.27. The van der Waals surface area contributed by atoms with Gasteiger partial charge >= 0.3 is 0 Å².